The molecule has 0 saturated carbocycles. The van der Waals surface area contributed by atoms with Crippen LogP contribution in [0.2, 0.25) is 0 Å². The molecule has 0 radical (unpaired) electrons. The fourth-order valence-electron chi connectivity index (χ4n) is 7.83. The maximum absolute atomic E-state index is 13.6. The third kappa shape index (κ3) is 12.6. The molecule has 0 aliphatic carbocycles. The number of anilines is 2. The third-order valence-corrected chi connectivity index (χ3v) is 15.4. The van der Waals surface area contributed by atoms with Gasteiger partial charge in [0.25, 0.3) is 17.7 Å². The summed E-state index contributed by atoms with van der Waals surface area (Å²) in [5.74, 6) is -7.33. The average molecular weight is 1050 g/mol. The van der Waals surface area contributed by atoms with Crippen LogP contribution in [-0.4, -0.2) is 183 Å². The van der Waals surface area contributed by atoms with Gasteiger partial charge in [-0.3, -0.25) is 29.5 Å². The van der Waals surface area contributed by atoms with Crippen LogP contribution in [0.25, 0.3) is 0 Å². The number of fused-ring (bicyclic) bond motifs is 1. The molecule has 2 fully saturated rings. The van der Waals surface area contributed by atoms with Crippen LogP contribution in [0.1, 0.15) is 37.1 Å². The van der Waals surface area contributed by atoms with E-state index < -0.39 is 76.1 Å². The van der Waals surface area contributed by atoms with Gasteiger partial charge in [-0.1, -0.05) is 10.3 Å². The molecule has 0 spiro atoms. The monoisotopic (exact) mass is 1050 g/mol. The molecule has 4 aliphatic rings. The van der Waals surface area contributed by atoms with Gasteiger partial charge in [0.2, 0.25) is 5.91 Å². The average Bonchev–Trinajstić information content (AvgIpc) is 4.10. The predicted molar refractivity (Wildman–Crippen MR) is 256 cm³/mol. The first-order valence-electron chi connectivity index (χ1n) is 21.3. The van der Waals surface area contributed by atoms with E-state index in [0.29, 0.717) is 35.3 Å². The summed E-state index contributed by atoms with van der Waals surface area (Å²) in [6, 6.07) is -3.72. The van der Waals surface area contributed by atoms with Crippen molar-refractivity contribution in [1.82, 2.24) is 36.1 Å². The number of amides is 4. The molecule has 5 atom stereocenters. The van der Waals surface area contributed by atoms with Crippen LogP contribution >= 0.6 is 46.2 Å². The predicted octanol–water partition coefficient (Wildman–Crippen LogP) is -2.84. The molecule has 4 amide bonds. The van der Waals surface area contributed by atoms with Crippen molar-refractivity contribution in [1.29, 1.82) is 5.41 Å². The molecule has 2 aromatic heterocycles. The number of nitrogens with one attached hydrogen (secondary N) is 7. The Morgan fingerprint density at radius 2 is 1.63 bits per heavy atom. The molecule has 2 aromatic rings. The van der Waals surface area contributed by atoms with E-state index in [4.69, 9.17) is 26.6 Å². The number of rotatable bonds is 23. The summed E-state index contributed by atoms with van der Waals surface area (Å²) in [7, 11) is 4.41. The van der Waals surface area contributed by atoms with E-state index in [1.807, 2.05) is 0 Å². The number of likely N-dealkylation sites (N-methyl/N-ethyl adjacent to an activating group) is 1. The molecule has 13 N–H and O–H groups in total. The van der Waals surface area contributed by atoms with Crippen LogP contribution in [0, 0.1) is 5.41 Å². The lowest BCUT2D eigenvalue weighted by atomic mass is 10.0. The van der Waals surface area contributed by atoms with Crippen molar-refractivity contribution in [3.05, 3.63) is 44.7 Å². The Kier molecular flexibility index (Phi) is 17.6. The van der Waals surface area contributed by atoms with E-state index in [2.05, 4.69) is 59.2 Å². The molecule has 2 unspecified atom stereocenters. The summed E-state index contributed by atoms with van der Waals surface area (Å²) in [4.78, 5) is 110. The number of quaternary nitrogens is 1. The Hall–Kier alpha value is -6.54. The van der Waals surface area contributed by atoms with Crippen LogP contribution in [-0.2, 0) is 43.2 Å². The second-order valence-electron chi connectivity index (χ2n) is 16.2. The van der Waals surface area contributed by atoms with E-state index in [1.165, 1.54) is 34.5 Å². The molecule has 0 aromatic carbocycles. The maximum atomic E-state index is 13.6. The second kappa shape index (κ2) is 23.4. The number of carboxylic acid groups (broad SMARTS) is 3. The van der Waals surface area contributed by atoms with Gasteiger partial charge >= 0.3 is 11.9 Å². The highest BCUT2D eigenvalue weighted by Gasteiger charge is 2.54. The molecule has 70 heavy (non-hydrogen) atoms. The normalized spacial score (nSPS) is 20.8. The van der Waals surface area contributed by atoms with Crippen LogP contribution < -0.4 is 48.5 Å². The Labute approximate surface area is 415 Å². The highest BCUT2D eigenvalue weighted by Crippen LogP contribution is 2.41. The maximum Gasteiger partial charge on any atom is 0.352 e. The lowest BCUT2D eigenvalue weighted by molar-refractivity contribution is -0.893. The van der Waals surface area contributed by atoms with Crippen molar-refractivity contribution in [3.63, 3.8) is 0 Å². The van der Waals surface area contributed by atoms with Gasteiger partial charge in [0.1, 0.15) is 54.6 Å². The highest BCUT2D eigenvalue weighted by atomic mass is 32.2. The number of aromatic nitrogens is 2. The number of nitrogens with zero attached hydrogens (tertiary/aromatic N) is 6. The van der Waals surface area contributed by atoms with Gasteiger partial charge in [-0.2, -0.15) is 0 Å². The summed E-state index contributed by atoms with van der Waals surface area (Å²) < 4.78 is 0.670. The van der Waals surface area contributed by atoms with E-state index in [0.717, 1.165) is 67.5 Å². The third-order valence-electron chi connectivity index (χ3n) is 11.2. The standard InChI is InChI=1S/C39H51N15O12S4/c1-54(9-4-5-10-54)12-18-14-68-33-26(32(58)53(33)27(18)36(63)64)48-30(57)23(51-65-2)20-15-69-38(45-20)44-11-17-13-67-31(49-22(17)34(59)60)25(35(61)62)47-29(56)24(52-66-3)21-16-70-39(46-21)50-28(55)19(40)7-6-8-43-37(41)42/h15-16,19,25-26,31,33,49H,4-14,40H2,1-3H3,(H10-,41,42,43,44,45,46,47,48,50,55,56,57,59,60,61,62,63,64)/b51-23-,52-24-/t19-,25?,26-,31?,33-/m1/s1. The van der Waals surface area contributed by atoms with Gasteiger partial charge in [0.05, 0.1) is 37.8 Å². The molecular weight excluding hydrogens is 999 g/mol. The van der Waals surface area contributed by atoms with Gasteiger partial charge in [-0.05, 0) is 18.4 Å². The molecular formula is C39H51N15O12S4. The zero-order valence-electron chi connectivity index (χ0n) is 37.8. The number of aliphatic carboxylic acids is 3. The van der Waals surface area contributed by atoms with Gasteiger partial charge < -0.3 is 77.6 Å². The summed E-state index contributed by atoms with van der Waals surface area (Å²) in [6.07, 6.45) is 2.76. The molecule has 4 aliphatic heterocycles. The second-order valence-corrected chi connectivity index (χ2v) is 20.2. The summed E-state index contributed by atoms with van der Waals surface area (Å²) in [5.41, 5.74) is 10.8. The number of carbonyl (C=O) groups excluding carboxylic acids is 5. The van der Waals surface area contributed by atoms with Crippen molar-refractivity contribution < 1.29 is 63.0 Å². The molecule has 378 valence electrons. The van der Waals surface area contributed by atoms with E-state index in [1.54, 1.807) is 0 Å². The van der Waals surface area contributed by atoms with E-state index in [9.17, 15) is 48.9 Å². The number of carboxylic acids is 3. The Balaban J connectivity index is 1.06. The lowest BCUT2D eigenvalue weighted by Crippen LogP contribution is -2.71. The minimum atomic E-state index is -1.72. The topological polar surface area (TPSA) is 403 Å². The van der Waals surface area contributed by atoms with Crippen LogP contribution in [0.5, 0.6) is 0 Å². The minimum absolute atomic E-state index is 0.0209. The van der Waals surface area contributed by atoms with Gasteiger partial charge in [-0.25, -0.2) is 19.6 Å². The number of likely N-dealkylation sites (tertiary alicyclic amines) is 1. The number of thiazole rings is 2. The zero-order chi connectivity index (χ0) is 50.9. The number of thioether (sulfide) groups is 2. The number of hydrogen-bond acceptors (Lipinski definition) is 22. The van der Waals surface area contributed by atoms with E-state index in [-0.39, 0.29) is 69.0 Å². The molecule has 31 heteroatoms. The van der Waals surface area contributed by atoms with Crippen molar-refractivity contribution in [3.8, 4) is 0 Å². The zero-order valence-corrected chi connectivity index (χ0v) is 41.0. The molecule has 6 rings (SSSR count). The Morgan fingerprint density at radius 3 is 2.24 bits per heavy atom. The van der Waals surface area contributed by atoms with E-state index >= 15 is 0 Å². The molecule has 0 bridgehead atoms. The van der Waals surface area contributed by atoms with Crippen molar-refractivity contribution in [2.75, 3.05) is 76.1 Å². The summed E-state index contributed by atoms with van der Waals surface area (Å²) >= 11 is 4.30. The number of oxime groups is 2. The fourth-order valence-corrected chi connectivity index (χ4v) is 11.8. The largest absolute Gasteiger partial charge is 0.543 e. The van der Waals surface area contributed by atoms with Crippen molar-refractivity contribution in [2.45, 2.75) is 54.6 Å². The number of guanidine groups is 1. The quantitative estimate of drug-likeness (QED) is 0.0133. The highest BCUT2D eigenvalue weighted by molar-refractivity contribution is 8.00. The van der Waals surface area contributed by atoms with Crippen LogP contribution in [0.15, 0.2) is 43.6 Å². The first-order valence-corrected chi connectivity index (χ1v) is 25.1. The van der Waals surface area contributed by atoms with Crippen LogP contribution in [0.3, 0.4) is 0 Å². The number of hydrogen-bond donors (Lipinski definition) is 11. The Bertz CT molecular complexity index is 2520. The molecule has 6 heterocycles. The number of nitrogens with two attached hydrogens (primary N) is 2. The van der Waals surface area contributed by atoms with Gasteiger partial charge in [0.15, 0.2) is 33.7 Å². The van der Waals surface area contributed by atoms with Gasteiger partial charge in [0, 0.05) is 53.8 Å². The first-order chi connectivity index (χ1) is 33.3. The van der Waals surface area contributed by atoms with Crippen molar-refractivity contribution in [2.24, 2.45) is 21.8 Å². The summed E-state index contributed by atoms with van der Waals surface area (Å²) in [5, 5.41) is 64.5. The number of β-lactam (4-membered cyclic amide) rings is 1. The molecule has 27 nitrogen and oxygen atoms in total. The van der Waals surface area contributed by atoms with Crippen molar-refractivity contribution >= 4 is 115 Å². The summed E-state index contributed by atoms with van der Waals surface area (Å²) in [6.45, 7) is 2.50. The number of carbonyl (C=O) groups is 7. The van der Waals surface area contributed by atoms with Crippen LogP contribution in [0.4, 0.5) is 10.3 Å². The smallest absolute Gasteiger partial charge is 0.352 e. The minimum Gasteiger partial charge on any atom is -0.543 e. The Morgan fingerprint density at radius 1 is 1.00 bits per heavy atom. The fraction of sp³-hybridized carbons (Fsp3) is 0.487. The van der Waals surface area contributed by atoms with Gasteiger partial charge in [-0.15, -0.1) is 46.2 Å². The molecule has 2 saturated heterocycles. The first kappa shape index (κ1) is 52.8. The SMILES string of the molecule is CO/N=C(\C(=O)NC(C(=O)O)C1NC(C(=O)O)=C(CNc2nc(/C(=N/OC)C(=O)N[C@@H]3C(=O)N4C(C(=O)[O-])=C(C[N+]5(C)CCCC5)CS[C@H]34)cs2)CS1)c1csc(NC(=O)[C@H](N)CCCNC(=N)N)n1. The lowest BCUT2D eigenvalue weighted by Gasteiger charge is -2.51.